The standard InChI is InChI=1S/C12H15NO3/c1-16-10(14)8-7-12(4-5-12)11(15)13-6-2-3-9(8)13/h2-7H2,1H3. The Morgan fingerprint density at radius 2 is 2.19 bits per heavy atom. The van der Waals surface area contributed by atoms with Gasteiger partial charge in [0.15, 0.2) is 0 Å². The van der Waals surface area contributed by atoms with E-state index in [1.165, 1.54) is 7.11 Å². The summed E-state index contributed by atoms with van der Waals surface area (Å²) < 4.78 is 4.82. The predicted molar refractivity (Wildman–Crippen MR) is 56.3 cm³/mol. The van der Waals surface area contributed by atoms with Gasteiger partial charge >= 0.3 is 5.97 Å². The Morgan fingerprint density at radius 1 is 1.44 bits per heavy atom. The highest BCUT2D eigenvalue weighted by Gasteiger charge is 2.56. The maximum absolute atomic E-state index is 12.2. The minimum absolute atomic E-state index is 0.239. The summed E-state index contributed by atoms with van der Waals surface area (Å²) in [6.45, 7) is 0.774. The van der Waals surface area contributed by atoms with Gasteiger partial charge in [0.2, 0.25) is 5.91 Å². The zero-order valence-corrected chi connectivity index (χ0v) is 9.41. The van der Waals surface area contributed by atoms with E-state index < -0.39 is 0 Å². The van der Waals surface area contributed by atoms with Gasteiger partial charge in [0.25, 0.3) is 0 Å². The zero-order chi connectivity index (χ0) is 11.3. The Kier molecular flexibility index (Phi) is 1.91. The molecular weight excluding hydrogens is 206 g/mol. The molecule has 0 radical (unpaired) electrons. The maximum atomic E-state index is 12.2. The fraction of sp³-hybridized carbons (Fsp3) is 0.667. The third-order valence-corrected chi connectivity index (χ3v) is 3.97. The molecule has 0 aromatic heterocycles. The first-order valence-corrected chi connectivity index (χ1v) is 5.80. The number of esters is 1. The van der Waals surface area contributed by atoms with Gasteiger partial charge in [-0.25, -0.2) is 4.79 Å². The summed E-state index contributed by atoms with van der Waals surface area (Å²) in [5.41, 5.74) is 1.43. The minimum atomic E-state index is -0.249. The average Bonchev–Trinajstić information content (AvgIpc) is 2.89. The first-order valence-electron chi connectivity index (χ1n) is 5.80. The number of hydrogen-bond donors (Lipinski definition) is 0. The summed E-state index contributed by atoms with van der Waals surface area (Å²) in [7, 11) is 1.41. The summed E-state index contributed by atoms with van der Waals surface area (Å²) in [6, 6.07) is 0. The molecule has 0 unspecified atom stereocenters. The van der Waals surface area contributed by atoms with E-state index in [1.54, 1.807) is 0 Å². The lowest BCUT2D eigenvalue weighted by molar-refractivity contribution is -0.139. The Hall–Kier alpha value is -1.32. The molecule has 0 aromatic carbocycles. The van der Waals surface area contributed by atoms with Crippen LogP contribution in [-0.4, -0.2) is 30.4 Å². The molecule has 0 aromatic rings. The first kappa shape index (κ1) is 9.87. The van der Waals surface area contributed by atoms with Crippen LogP contribution < -0.4 is 0 Å². The van der Waals surface area contributed by atoms with Crippen LogP contribution in [-0.2, 0) is 14.3 Å². The van der Waals surface area contributed by atoms with E-state index in [0.29, 0.717) is 6.42 Å². The lowest BCUT2D eigenvalue weighted by Gasteiger charge is -2.31. The number of allylic oxidation sites excluding steroid dienone is 1. The van der Waals surface area contributed by atoms with Crippen molar-refractivity contribution in [3.8, 4) is 0 Å². The summed E-state index contributed by atoms with van der Waals surface area (Å²) in [5.74, 6) is -0.00618. The second-order valence-electron chi connectivity index (χ2n) is 4.93. The van der Waals surface area contributed by atoms with Gasteiger partial charge in [-0.3, -0.25) is 4.79 Å². The third-order valence-electron chi connectivity index (χ3n) is 3.97. The third kappa shape index (κ3) is 1.16. The molecule has 0 bridgehead atoms. The number of nitrogens with zero attached hydrogens (tertiary/aromatic N) is 1. The molecule has 3 rings (SSSR count). The summed E-state index contributed by atoms with van der Waals surface area (Å²) >= 11 is 0. The lowest BCUT2D eigenvalue weighted by Crippen LogP contribution is -2.40. The molecule has 2 aliphatic heterocycles. The predicted octanol–water partition coefficient (Wildman–Crippen LogP) is 1.22. The fourth-order valence-electron chi connectivity index (χ4n) is 2.87. The van der Waals surface area contributed by atoms with Crippen molar-refractivity contribution in [2.75, 3.05) is 13.7 Å². The zero-order valence-electron chi connectivity index (χ0n) is 9.41. The van der Waals surface area contributed by atoms with Gasteiger partial charge in [0.1, 0.15) is 0 Å². The highest BCUT2D eigenvalue weighted by atomic mass is 16.5. The van der Waals surface area contributed by atoms with Crippen molar-refractivity contribution >= 4 is 11.9 Å². The number of amides is 1. The van der Waals surface area contributed by atoms with Crippen molar-refractivity contribution in [1.82, 2.24) is 4.90 Å². The molecule has 0 atom stereocenters. The van der Waals surface area contributed by atoms with Crippen molar-refractivity contribution in [2.45, 2.75) is 32.1 Å². The smallest absolute Gasteiger partial charge is 0.335 e. The van der Waals surface area contributed by atoms with Gasteiger partial charge in [-0.2, -0.15) is 0 Å². The Balaban J connectivity index is 2.03. The topological polar surface area (TPSA) is 46.6 Å². The maximum Gasteiger partial charge on any atom is 0.335 e. The molecule has 4 heteroatoms. The van der Waals surface area contributed by atoms with Crippen molar-refractivity contribution in [1.29, 1.82) is 0 Å². The average molecular weight is 221 g/mol. The van der Waals surface area contributed by atoms with Crippen LogP contribution in [0.1, 0.15) is 32.1 Å². The van der Waals surface area contributed by atoms with Crippen LogP contribution in [0, 0.1) is 5.41 Å². The van der Waals surface area contributed by atoms with Gasteiger partial charge in [-0.1, -0.05) is 0 Å². The molecule has 0 N–H and O–H groups in total. The quantitative estimate of drug-likeness (QED) is 0.625. The lowest BCUT2D eigenvalue weighted by atomic mass is 9.89. The van der Waals surface area contributed by atoms with Crippen molar-refractivity contribution in [3.63, 3.8) is 0 Å². The van der Waals surface area contributed by atoms with Crippen molar-refractivity contribution < 1.29 is 14.3 Å². The number of methoxy groups -OCH3 is 1. The Bertz CT molecular complexity index is 406. The van der Waals surface area contributed by atoms with Crippen molar-refractivity contribution in [3.05, 3.63) is 11.3 Å². The van der Waals surface area contributed by atoms with Crippen LogP contribution >= 0.6 is 0 Å². The molecule has 1 saturated heterocycles. The van der Waals surface area contributed by atoms with Crippen LogP contribution in [0.15, 0.2) is 11.3 Å². The minimum Gasteiger partial charge on any atom is -0.466 e. The normalized spacial score (nSPS) is 26.1. The molecule has 3 aliphatic rings. The molecule has 1 amide bonds. The van der Waals surface area contributed by atoms with Crippen molar-refractivity contribution in [2.24, 2.45) is 5.41 Å². The van der Waals surface area contributed by atoms with Crippen LogP contribution in [0.3, 0.4) is 0 Å². The van der Waals surface area contributed by atoms with E-state index in [0.717, 1.165) is 43.5 Å². The molecule has 4 nitrogen and oxygen atoms in total. The van der Waals surface area contributed by atoms with E-state index in [1.807, 2.05) is 4.90 Å². The number of ether oxygens (including phenoxy) is 1. The number of carbonyl (C=O) groups is 2. The molecule has 16 heavy (non-hydrogen) atoms. The number of carbonyl (C=O) groups excluding carboxylic acids is 2. The van der Waals surface area contributed by atoms with E-state index >= 15 is 0 Å². The van der Waals surface area contributed by atoms with E-state index in [9.17, 15) is 9.59 Å². The molecular formula is C12H15NO3. The van der Waals surface area contributed by atoms with Crippen LogP contribution in [0.25, 0.3) is 0 Å². The van der Waals surface area contributed by atoms with Gasteiger partial charge < -0.3 is 9.64 Å². The molecule has 1 saturated carbocycles. The number of fused-ring (bicyclic) bond motifs is 1. The molecule has 86 valence electrons. The Labute approximate surface area is 94.2 Å². The largest absolute Gasteiger partial charge is 0.466 e. The van der Waals surface area contributed by atoms with Gasteiger partial charge in [0.05, 0.1) is 18.1 Å². The van der Waals surface area contributed by atoms with Gasteiger partial charge in [-0.15, -0.1) is 0 Å². The summed E-state index contributed by atoms with van der Waals surface area (Å²) in [5, 5.41) is 0. The second kappa shape index (κ2) is 3.09. The van der Waals surface area contributed by atoms with Gasteiger partial charge in [-0.05, 0) is 32.1 Å². The molecule has 2 fully saturated rings. The summed E-state index contributed by atoms with van der Waals surface area (Å²) in [4.78, 5) is 25.7. The van der Waals surface area contributed by atoms with E-state index in [-0.39, 0.29) is 17.3 Å². The first-order chi connectivity index (χ1) is 7.68. The van der Waals surface area contributed by atoms with Crippen LogP contribution in [0.4, 0.5) is 0 Å². The molecule has 2 heterocycles. The number of rotatable bonds is 1. The fourth-order valence-corrected chi connectivity index (χ4v) is 2.87. The highest BCUT2D eigenvalue weighted by Crippen LogP contribution is 2.56. The van der Waals surface area contributed by atoms with Gasteiger partial charge in [0, 0.05) is 12.2 Å². The highest BCUT2D eigenvalue weighted by molar-refractivity contribution is 5.97. The van der Waals surface area contributed by atoms with Crippen LogP contribution in [0.5, 0.6) is 0 Å². The van der Waals surface area contributed by atoms with Crippen LogP contribution in [0.2, 0.25) is 0 Å². The summed E-state index contributed by atoms with van der Waals surface area (Å²) in [6.07, 6.45) is 4.26. The molecule has 1 aliphatic carbocycles. The second-order valence-corrected chi connectivity index (χ2v) is 4.93. The monoisotopic (exact) mass is 221 g/mol. The Morgan fingerprint density at radius 3 is 2.81 bits per heavy atom. The molecule has 1 spiro atoms. The number of hydrogen-bond acceptors (Lipinski definition) is 3. The van der Waals surface area contributed by atoms with E-state index in [4.69, 9.17) is 4.74 Å². The van der Waals surface area contributed by atoms with E-state index in [2.05, 4.69) is 0 Å². The SMILES string of the molecule is COC(=O)C1=C2CCCN2C(=O)C2(CC2)C1.